The molecule has 0 spiro atoms. The first-order valence-corrected chi connectivity index (χ1v) is 9.12. The zero-order chi connectivity index (χ0) is 16.9. The predicted octanol–water partition coefficient (Wildman–Crippen LogP) is 2.51. The second kappa shape index (κ2) is 7.65. The molecule has 7 nitrogen and oxygen atoms in total. The summed E-state index contributed by atoms with van der Waals surface area (Å²) >= 11 is 1.43. The molecule has 1 amide bonds. The smallest absolute Gasteiger partial charge is 0.225 e. The molecule has 1 N–H and O–H groups in total. The van der Waals surface area contributed by atoms with Crippen LogP contribution < -0.4 is 5.32 Å². The number of likely N-dealkylation sites (tertiary alicyclic amines) is 1. The van der Waals surface area contributed by atoms with Gasteiger partial charge in [0, 0.05) is 30.8 Å². The van der Waals surface area contributed by atoms with Crippen molar-refractivity contribution in [2.45, 2.75) is 33.1 Å². The molecule has 0 bridgehead atoms. The minimum atomic E-state index is 0.0809. The monoisotopic (exact) mass is 346 g/mol. The fourth-order valence-corrected chi connectivity index (χ4v) is 3.38. The first kappa shape index (κ1) is 16.8. The maximum atomic E-state index is 12.0. The van der Waals surface area contributed by atoms with Crippen LogP contribution >= 0.6 is 11.3 Å². The summed E-state index contributed by atoms with van der Waals surface area (Å²) < 4.78 is 0. The maximum Gasteiger partial charge on any atom is 0.225 e. The summed E-state index contributed by atoms with van der Waals surface area (Å²) in [5.41, 5.74) is 2.70. The summed E-state index contributed by atoms with van der Waals surface area (Å²) in [4.78, 5) is 22.6. The molecule has 1 saturated heterocycles. The van der Waals surface area contributed by atoms with Crippen LogP contribution in [0.1, 0.15) is 32.4 Å². The highest BCUT2D eigenvalue weighted by atomic mass is 32.1. The third kappa shape index (κ3) is 4.25. The van der Waals surface area contributed by atoms with Crippen molar-refractivity contribution < 1.29 is 4.79 Å². The minimum Gasteiger partial charge on any atom is -0.342 e. The van der Waals surface area contributed by atoms with Gasteiger partial charge in [0.15, 0.2) is 0 Å². The van der Waals surface area contributed by atoms with Crippen molar-refractivity contribution in [1.29, 1.82) is 0 Å². The van der Waals surface area contributed by atoms with Crippen LogP contribution in [0.15, 0.2) is 17.9 Å². The number of amides is 1. The summed E-state index contributed by atoms with van der Waals surface area (Å²) in [7, 11) is 0. The summed E-state index contributed by atoms with van der Waals surface area (Å²) in [6.07, 6.45) is 4.55. The van der Waals surface area contributed by atoms with Crippen molar-refractivity contribution in [2.24, 2.45) is 11.8 Å². The number of piperidine rings is 1. The van der Waals surface area contributed by atoms with Gasteiger partial charge >= 0.3 is 0 Å². The molecule has 0 radical (unpaired) electrons. The Balaban J connectivity index is 1.54. The van der Waals surface area contributed by atoms with E-state index in [1.54, 1.807) is 11.8 Å². The maximum absolute atomic E-state index is 12.0. The first-order chi connectivity index (χ1) is 11.6. The molecule has 8 heteroatoms. The van der Waals surface area contributed by atoms with Gasteiger partial charge in [-0.3, -0.25) is 4.79 Å². The van der Waals surface area contributed by atoms with Gasteiger partial charge in [0.2, 0.25) is 11.0 Å². The van der Waals surface area contributed by atoms with Crippen LogP contribution in [-0.4, -0.2) is 44.1 Å². The van der Waals surface area contributed by atoms with Gasteiger partial charge in [-0.25, -0.2) is 9.97 Å². The Labute approximate surface area is 145 Å². The molecular formula is C16H22N6OS. The van der Waals surface area contributed by atoms with E-state index < -0.39 is 0 Å². The Morgan fingerprint density at radius 1 is 1.38 bits per heavy atom. The fraction of sp³-hybridized carbons (Fsp3) is 0.562. The molecule has 2 aromatic rings. The van der Waals surface area contributed by atoms with E-state index in [4.69, 9.17) is 0 Å². The van der Waals surface area contributed by atoms with E-state index in [1.165, 1.54) is 11.3 Å². The average molecular weight is 346 g/mol. The lowest BCUT2D eigenvalue weighted by Crippen LogP contribution is -2.41. The Bertz CT molecular complexity index is 667. The Kier molecular flexibility index (Phi) is 5.34. The number of carbonyl (C=O) groups excluding carboxylic acids is 1. The van der Waals surface area contributed by atoms with Crippen molar-refractivity contribution in [1.82, 2.24) is 25.1 Å². The van der Waals surface area contributed by atoms with Gasteiger partial charge in [-0.1, -0.05) is 25.2 Å². The number of aromatic nitrogens is 4. The highest BCUT2D eigenvalue weighted by Gasteiger charge is 2.24. The third-order valence-electron chi connectivity index (χ3n) is 4.24. The molecule has 0 unspecified atom stereocenters. The highest BCUT2D eigenvalue weighted by Crippen LogP contribution is 2.23. The van der Waals surface area contributed by atoms with Crippen LogP contribution in [0.2, 0.25) is 0 Å². The van der Waals surface area contributed by atoms with Crippen molar-refractivity contribution in [3.8, 4) is 0 Å². The largest absolute Gasteiger partial charge is 0.342 e. The molecule has 24 heavy (non-hydrogen) atoms. The number of carbonyl (C=O) groups is 1. The van der Waals surface area contributed by atoms with Crippen LogP contribution in [0.4, 0.5) is 10.9 Å². The topological polar surface area (TPSA) is 83.9 Å². The van der Waals surface area contributed by atoms with Gasteiger partial charge in [-0.15, -0.1) is 10.2 Å². The van der Waals surface area contributed by atoms with E-state index >= 15 is 0 Å². The van der Waals surface area contributed by atoms with Crippen LogP contribution in [0.25, 0.3) is 0 Å². The first-order valence-electron chi connectivity index (χ1n) is 8.24. The van der Waals surface area contributed by atoms with Crippen molar-refractivity contribution in [3.05, 3.63) is 23.6 Å². The van der Waals surface area contributed by atoms with Gasteiger partial charge in [0.25, 0.3) is 0 Å². The Morgan fingerprint density at radius 2 is 2.17 bits per heavy atom. The SMILES string of the molecule is CC(C)C(=O)N1CCC(Cc2cc(Nc3nncs3)ncn2)CC1. The van der Waals surface area contributed by atoms with Crippen molar-refractivity contribution in [2.75, 3.05) is 18.4 Å². The zero-order valence-corrected chi connectivity index (χ0v) is 14.8. The number of hydrogen-bond acceptors (Lipinski definition) is 7. The Morgan fingerprint density at radius 3 is 2.83 bits per heavy atom. The molecule has 2 aromatic heterocycles. The van der Waals surface area contributed by atoms with Gasteiger partial charge in [0.05, 0.1) is 0 Å². The number of hydrogen-bond donors (Lipinski definition) is 1. The van der Waals surface area contributed by atoms with E-state index in [9.17, 15) is 4.79 Å². The molecule has 0 atom stereocenters. The highest BCUT2D eigenvalue weighted by molar-refractivity contribution is 7.13. The van der Waals surface area contributed by atoms with Crippen LogP contribution in [0, 0.1) is 11.8 Å². The molecule has 128 valence electrons. The summed E-state index contributed by atoms with van der Waals surface area (Å²) in [5.74, 6) is 1.64. The van der Waals surface area contributed by atoms with E-state index in [0.29, 0.717) is 5.92 Å². The predicted molar refractivity (Wildman–Crippen MR) is 93.1 cm³/mol. The van der Waals surface area contributed by atoms with Gasteiger partial charge < -0.3 is 10.2 Å². The standard InChI is InChI=1S/C16H22N6OS/c1-11(2)15(23)22-5-3-12(4-6-22)7-13-8-14(18-9-17-13)20-16-21-19-10-24-16/h8-12H,3-7H2,1-2H3,(H,17,18,20,21). The lowest BCUT2D eigenvalue weighted by atomic mass is 9.91. The van der Waals surface area contributed by atoms with Crippen LogP contribution in [-0.2, 0) is 11.2 Å². The molecule has 3 heterocycles. The van der Waals surface area contributed by atoms with Crippen molar-refractivity contribution in [3.63, 3.8) is 0 Å². The lowest BCUT2D eigenvalue weighted by molar-refractivity contribution is -0.135. The van der Waals surface area contributed by atoms with E-state index in [-0.39, 0.29) is 11.8 Å². The summed E-state index contributed by atoms with van der Waals surface area (Å²) in [5, 5.41) is 11.6. The van der Waals surface area contributed by atoms with Gasteiger partial charge in [-0.2, -0.15) is 0 Å². The number of nitrogens with zero attached hydrogens (tertiary/aromatic N) is 5. The normalized spacial score (nSPS) is 15.7. The second-order valence-corrected chi connectivity index (χ2v) is 7.22. The molecular weight excluding hydrogens is 324 g/mol. The molecule has 1 aliphatic rings. The van der Waals surface area contributed by atoms with Crippen LogP contribution in [0.5, 0.6) is 0 Å². The molecule has 0 aliphatic carbocycles. The quantitative estimate of drug-likeness (QED) is 0.895. The van der Waals surface area contributed by atoms with Crippen LogP contribution in [0.3, 0.4) is 0 Å². The Hall–Kier alpha value is -2.09. The van der Waals surface area contributed by atoms with Gasteiger partial charge in [0.1, 0.15) is 17.7 Å². The molecule has 1 fully saturated rings. The summed E-state index contributed by atoms with van der Waals surface area (Å²) in [6, 6.07) is 1.97. The minimum absolute atomic E-state index is 0.0809. The third-order valence-corrected chi connectivity index (χ3v) is 4.84. The molecule has 1 aliphatic heterocycles. The molecule has 3 rings (SSSR count). The average Bonchev–Trinajstić information content (AvgIpc) is 3.08. The van der Waals surface area contributed by atoms with E-state index in [2.05, 4.69) is 25.5 Å². The molecule has 0 saturated carbocycles. The lowest BCUT2D eigenvalue weighted by Gasteiger charge is -2.33. The number of nitrogens with one attached hydrogen (secondary N) is 1. The summed E-state index contributed by atoms with van der Waals surface area (Å²) in [6.45, 7) is 5.62. The van der Waals surface area contributed by atoms with E-state index in [1.807, 2.05) is 24.8 Å². The second-order valence-electron chi connectivity index (χ2n) is 6.39. The van der Waals surface area contributed by atoms with E-state index in [0.717, 1.165) is 49.0 Å². The molecule has 0 aromatic carbocycles. The number of rotatable bonds is 5. The fourth-order valence-electron chi connectivity index (χ4n) is 2.93. The zero-order valence-electron chi connectivity index (χ0n) is 14.0. The van der Waals surface area contributed by atoms with Crippen molar-refractivity contribution >= 4 is 28.2 Å². The number of anilines is 2. The van der Waals surface area contributed by atoms with Gasteiger partial charge in [-0.05, 0) is 25.2 Å².